The van der Waals surface area contributed by atoms with E-state index in [1.165, 1.54) is 23.3 Å². The van der Waals surface area contributed by atoms with E-state index in [9.17, 15) is 22.8 Å². The molecule has 2 aromatic carbocycles. The second-order valence-electron chi connectivity index (χ2n) is 7.94. The molecule has 0 radical (unpaired) electrons. The number of alkyl halides is 3. The van der Waals surface area contributed by atoms with E-state index in [0.29, 0.717) is 32.6 Å². The number of benzene rings is 2. The minimum atomic E-state index is -4.42. The Labute approximate surface area is 180 Å². The normalized spacial score (nSPS) is 14.6. The Morgan fingerprint density at radius 3 is 2.00 bits per heavy atom. The second-order valence-corrected chi connectivity index (χ2v) is 7.94. The number of carbonyl (C=O) groups is 2. The maximum Gasteiger partial charge on any atom is 0.416 e. The molecule has 4 nitrogen and oxygen atoms in total. The van der Waals surface area contributed by atoms with Crippen LogP contribution in [0.4, 0.5) is 13.2 Å². The van der Waals surface area contributed by atoms with Crippen LogP contribution in [0.5, 0.6) is 0 Å². The number of hydrogen-bond acceptors (Lipinski definition) is 2. The van der Waals surface area contributed by atoms with Crippen molar-refractivity contribution in [2.75, 3.05) is 26.2 Å². The first-order valence-corrected chi connectivity index (χ1v) is 10.5. The standard InChI is InChI=1S/C24H27F3N2O2/c1-18-6-8-19(9-7-18)4-2-3-5-22(30)28-14-16-29(17-15-28)23(31)20-10-12-21(13-11-20)24(25,26)27/h6-13H,2-5,14-17H2,1H3. The Morgan fingerprint density at radius 1 is 0.839 bits per heavy atom. The summed E-state index contributed by atoms with van der Waals surface area (Å²) in [6.45, 7) is 3.72. The summed E-state index contributed by atoms with van der Waals surface area (Å²) in [7, 11) is 0. The maximum atomic E-state index is 12.7. The molecule has 0 aromatic heterocycles. The minimum Gasteiger partial charge on any atom is -0.339 e. The van der Waals surface area contributed by atoms with E-state index in [0.717, 1.165) is 31.4 Å². The van der Waals surface area contributed by atoms with Gasteiger partial charge in [-0.25, -0.2) is 0 Å². The van der Waals surface area contributed by atoms with Gasteiger partial charge in [-0.1, -0.05) is 29.8 Å². The largest absolute Gasteiger partial charge is 0.416 e. The molecule has 1 saturated heterocycles. The number of carbonyl (C=O) groups excluding carboxylic acids is 2. The summed E-state index contributed by atoms with van der Waals surface area (Å²) in [5.41, 5.74) is 1.95. The van der Waals surface area contributed by atoms with E-state index in [1.54, 1.807) is 9.80 Å². The quantitative estimate of drug-likeness (QED) is 0.621. The molecular weight excluding hydrogens is 405 g/mol. The molecule has 1 aliphatic rings. The Bertz CT molecular complexity index is 885. The molecule has 166 valence electrons. The van der Waals surface area contributed by atoms with Crippen molar-refractivity contribution in [3.8, 4) is 0 Å². The molecule has 0 aliphatic carbocycles. The van der Waals surface area contributed by atoms with Gasteiger partial charge in [-0.3, -0.25) is 9.59 Å². The summed E-state index contributed by atoms with van der Waals surface area (Å²) in [6.07, 6.45) is -1.23. The highest BCUT2D eigenvalue weighted by molar-refractivity contribution is 5.94. The number of piperazine rings is 1. The zero-order valence-electron chi connectivity index (χ0n) is 17.6. The molecule has 7 heteroatoms. The van der Waals surface area contributed by atoms with Crippen molar-refractivity contribution in [1.29, 1.82) is 0 Å². The van der Waals surface area contributed by atoms with Crippen LogP contribution in [0.2, 0.25) is 0 Å². The Balaban J connectivity index is 1.40. The average molecular weight is 432 g/mol. The molecule has 1 aliphatic heterocycles. The SMILES string of the molecule is Cc1ccc(CCCCC(=O)N2CCN(C(=O)c3ccc(C(F)(F)F)cc3)CC2)cc1. The third-order valence-corrected chi connectivity index (χ3v) is 5.61. The predicted molar refractivity (Wildman–Crippen MR) is 113 cm³/mol. The molecule has 0 bridgehead atoms. The highest BCUT2D eigenvalue weighted by Crippen LogP contribution is 2.29. The Morgan fingerprint density at radius 2 is 1.42 bits per heavy atom. The molecule has 0 atom stereocenters. The minimum absolute atomic E-state index is 0.0885. The molecular formula is C24H27F3N2O2. The van der Waals surface area contributed by atoms with Crippen molar-refractivity contribution in [3.05, 3.63) is 70.8 Å². The molecule has 0 spiro atoms. The van der Waals surface area contributed by atoms with E-state index < -0.39 is 11.7 Å². The molecule has 1 heterocycles. The lowest BCUT2D eigenvalue weighted by Gasteiger charge is -2.35. The summed E-state index contributed by atoms with van der Waals surface area (Å²) in [5, 5.41) is 0. The zero-order valence-corrected chi connectivity index (χ0v) is 17.6. The van der Waals surface area contributed by atoms with E-state index in [4.69, 9.17) is 0 Å². The second kappa shape index (κ2) is 9.98. The topological polar surface area (TPSA) is 40.6 Å². The Kier molecular flexibility index (Phi) is 7.36. The number of nitrogens with zero attached hydrogens (tertiary/aromatic N) is 2. The van der Waals surface area contributed by atoms with Crippen molar-refractivity contribution in [1.82, 2.24) is 9.80 Å². The van der Waals surface area contributed by atoms with Gasteiger partial charge in [-0.15, -0.1) is 0 Å². The van der Waals surface area contributed by atoms with Gasteiger partial charge in [0.2, 0.25) is 5.91 Å². The van der Waals surface area contributed by atoms with Crippen LogP contribution in [0.15, 0.2) is 48.5 Å². The number of halogens is 3. The van der Waals surface area contributed by atoms with E-state index in [2.05, 4.69) is 31.2 Å². The van der Waals surface area contributed by atoms with Crippen molar-refractivity contribution in [2.24, 2.45) is 0 Å². The fraction of sp³-hybridized carbons (Fsp3) is 0.417. The van der Waals surface area contributed by atoms with Gasteiger partial charge < -0.3 is 9.80 Å². The highest BCUT2D eigenvalue weighted by Gasteiger charge is 2.31. The third-order valence-electron chi connectivity index (χ3n) is 5.61. The lowest BCUT2D eigenvalue weighted by Crippen LogP contribution is -2.50. The maximum absolute atomic E-state index is 12.7. The van der Waals surface area contributed by atoms with E-state index in [-0.39, 0.29) is 17.4 Å². The molecule has 3 rings (SSSR count). The molecule has 31 heavy (non-hydrogen) atoms. The van der Waals surface area contributed by atoms with Crippen molar-refractivity contribution >= 4 is 11.8 Å². The van der Waals surface area contributed by atoms with Crippen LogP contribution in [0.1, 0.15) is 46.3 Å². The first-order chi connectivity index (χ1) is 14.7. The number of rotatable bonds is 6. The van der Waals surface area contributed by atoms with Crippen LogP contribution in [-0.2, 0) is 17.4 Å². The molecule has 0 N–H and O–H groups in total. The number of aryl methyl sites for hydroxylation is 2. The first kappa shape index (κ1) is 22.8. The van der Waals surface area contributed by atoms with Crippen molar-refractivity contribution < 1.29 is 22.8 Å². The van der Waals surface area contributed by atoms with Gasteiger partial charge in [-0.05, 0) is 56.0 Å². The van der Waals surface area contributed by atoms with Gasteiger partial charge in [0.1, 0.15) is 0 Å². The van der Waals surface area contributed by atoms with Crippen LogP contribution in [-0.4, -0.2) is 47.8 Å². The molecule has 1 fully saturated rings. The third kappa shape index (κ3) is 6.32. The van der Waals surface area contributed by atoms with E-state index >= 15 is 0 Å². The summed E-state index contributed by atoms with van der Waals surface area (Å²) in [6, 6.07) is 12.7. The van der Waals surface area contributed by atoms with Crippen LogP contribution in [0.25, 0.3) is 0 Å². The summed E-state index contributed by atoms with van der Waals surface area (Å²) in [5.74, 6) is -0.218. The fourth-order valence-corrected chi connectivity index (χ4v) is 3.66. The average Bonchev–Trinajstić information content (AvgIpc) is 2.77. The molecule has 2 amide bonds. The lowest BCUT2D eigenvalue weighted by atomic mass is 10.1. The Hall–Kier alpha value is -2.83. The van der Waals surface area contributed by atoms with Gasteiger partial charge in [0.15, 0.2) is 0 Å². The van der Waals surface area contributed by atoms with Crippen LogP contribution >= 0.6 is 0 Å². The lowest BCUT2D eigenvalue weighted by molar-refractivity contribution is -0.137. The van der Waals surface area contributed by atoms with Gasteiger partial charge >= 0.3 is 6.18 Å². The van der Waals surface area contributed by atoms with Crippen molar-refractivity contribution in [2.45, 2.75) is 38.8 Å². The molecule has 2 aromatic rings. The number of hydrogen-bond donors (Lipinski definition) is 0. The smallest absolute Gasteiger partial charge is 0.339 e. The molecule has 0 unspecified atom stereocenters. The summed E-state index contributed by atoms with van der Waals surface area (Å²) < 4.78 is 38.0. The predicted octanol–water partition coefficient (Wildman–Crippen LogP) is 4.71. The van der Waals surface area contributed by atoms with Crippen LogP contribution in [0, 0.1) is 6.92 Å². The van der Waals surface area contributed by atoms with Crippen molar-refractivity contribution in [3.63, 3.8) is 0 Å². The van der Waals surface area contributed by atoms with Gasteiger partial charge in [0.05, 0.1) is 5.56 Å². The monoisotopic (exact) mass is 432 g/mol. The highest BCUT2D eigenvalue weighted by atomic mass is 19.4. The first-order valence-electron chi connectivity index (χ1n) is 10.5. The number of unbranched alkanes of at least 4 members (excludes halogenated alkanes) is 1. The zero-order chi connectivity index (χ0) is 22.4. The van der Waals surface area contributed by atoms with Crippen LogP contribution in [0.3, 0.4) is 0 Å². The molecule has 0 saturated carbocycles. The van der Waals surface area contributed by atoms with Gasteiger partial charge in [-0.2, -0.15) is 13.2 Å². The number of amides is 2. The summed E-state index contributed by atoms with van der Waals surface area (Å²) in [4.78, 5) is 28.3. The summed E-state index contributed by atoms with van der Waals surface area (Å²) >= 11 is 0. The van der Waals surface area contributed by atoms with E-state index in [1.807, 2.05) is 0 Å². The van der Waals surface area contributed by atoms with Gasteiger partial charge in [0.25, 0.3) is 5.91 Å². The fourth-order valence-electron chi connectivity index (χ4n) is 3.66. The van der Waals surface area contributed by atoms with Crippen LogP contribution < -0.4 is 0 Å². The van der Waals surface area contributed by atoms with Gasteiger partial charge in [0, 0.05) is 38.2 Å².